The van der Waals surface area contributed by atoms with Crippen molar-refractivity contribution >= 4 is 34.9 Å². The number of benzene rings is 1. The van der Waals surface area contributed by atoms with Gasteiger partial charge in [0, 0.05) is 21.8 Å². The first kappa shape index (κ1) is 15.4. The number of halogens is 2. The molecule has 6 heteroatoms. The van der Waals surface area contributed by atoms with Crippen LogP contribution in [0.4, 0.5) is 10.5 Å². The van der Waals surface area contributed by atoms with Gasteiger partial charge in [-0.3, -0.25) is 0 Å². The molecule has 0 spiro atoms. The molecule has 1 fully saturated rings. The fourth-order valence-electron chi connectivity index (χ4n) is 2.22. The van der Waals surface area contributed by atoms with E-state index >= 15 is 0 Å². The van der Waals surface area contributed by atoms with E-state index in [0.29, 0.717) is 15.7 Å². The van der Waals surface area contributed by atoms with Crippen LogP contribution in [0.15, 0.2) is 12.1 Å². The van der Waals surface area contributed by atoms with Gasteiger partial charge in [0.25, 0.3) is 0 Å². The van der Waals surface area contributed by atoms with Gasteiger partial charge in [-0.05, 0) is 57.6 Å². The third kappa shape index (κ3) is 4.01. The van der Waals surface area contributed by atoms with Crippen molar-refractivity contribution in [3.63, 3.8) is 0 Å². The van der Waals surface area contributed by atoms with Crippen LogP contribution >= 0.6 is 23.2 Å². The first-order valence-electron chi connectivity index (χ1n) is 6.67. The van der Waals surface area contributed by atoms with Crippen LogP contribution in [0.2, 0.25) is 10.0 Å². The van der Waals surface area contributed by atoms with Gasteiger partial charge in [0.2, 0.25) is 0 Å². The third-order valence-electron chi connectivity index (χ3n) is 3.59. The molecule has 1 aliphatic rings. The molecule has 0 unspecified atom stereocenters. The monoisotopic (exact) mass is 315 g/mol. The highest BCUT2D eigenvalue weighted by Crippen LogP contribution is 2.28. The van der Waals surface area contributed by atoms with Crippen molar-refractivity contribution in [1.82, 2.24) is 10.2 Å². The van der Waals surface area contributed by atoms with Crippen LogP contribution < -0.4 is 10.6 Å². The maximum atomic E-state index is 11.9. The molecule has 1 aliphatic heterocycles. The molecule has 0 bridgehead atoms. The first-order valence-corrected chi connectivity index (χ1v) is 7.43. The zero-order chi connectivity index (χ0) is 14.7. The summed E-state index contributed by atoms with van der Waals surface area (Å²) in [5, 5.41) is 6.85. The Morgan fingerprint density at radius 3 is 2.35 bits per heavy atom. The van der Waals surface area contributed by atoms with Gasteiger partial charge < -0.3 is 15.5 Å². The lowest BCUT2D eigenvalue weighted by Crippen LogP contribution is -2.44. The number of anilines is 1. The summed E-state index contributed by atoms with van der Waals surface area (Å²) < 4.78 is 0. The van der Waals surface area contributed by atoms with Crippen LogP contribution in [0.5, 0.6) is 0 Å². The molecule has 0 saturated carbocycles. The van der Waals surface area contributed by atoms with Crippen molar-refractivity contribution in [2.45, 2.75) is 25.8 Å². The SMILES string of the molecule is Cc1c(Cl)cc(NC(=O)NC2CCN(C)CC2)cc1Cl. The summed E-state index contributed by atoms with van der Waals surface area (Å²) in [5.41, 5.74) is 1.42. The fraction of sp³-hybridized carbons (Fsp3) is 0.500. The van der Waals surface area contributed by atoms with Gasteiger partial charge in [-0.15, -0.1) is 0 Å². The molecule has 1 heterocycles. The zero-order valence-corrected chi connectivity index (χ0v) is 13.2. The van der Waals surface area contributed by atoms with Gasteiger partial charge in [-0.25, -0.2) is 4.79 Å². The van der Waals surface area contributed by atoms with Gasteiger partial charge in [-0.2, -0.15) is 0 Å². The van der Waals surface area contributed by atoms with Gasteiger partial charge in [-0.1, -0.05) is 23.2 Å². The number of amides is 2. The molecule has 0 radical (unpaired) electrons. The Morgan fingerprint density at radius 1 is 1.25 bits per heavy atom. The fourth-order valence-corrected chi connectivity index (χ4v) is 2.71. The maximum Gasteiger partial charge on any atom is 0.319 e. The summed E-state index contributed by atoms with van der Waals surface area (Å²) in [7, 11) is 2.09. The smallest absolute Gasteiger partial charge is 0.319 e. The van der Waals surface area contributed by atoms with Crippen LogP contribution in [0, 0.1) is 6.92 Å². The summed E-state index contributed by atoms with van der Waals surface area (Å²) in [6.07, 6.45) is 1.94. The van der Waals surface area contributed by atoms with Crippen LogP contribution in [-0.4, -0.2) is 37.1 Å². The Hall–Kier alpha value is -0.970. The number of hydrogen-bond donors (Lipinski definition) is 2. The number of rotatable bonds is 2. The Bertz CT molecular complexity index is 476. The molecule has 1 aromatic rings. The molecule has 2 N–H and O–H groups in total. The minimum atomic E-state index is -0.212. The molecule has 0 aromatic heterocycles. The van der Waals surface area contributed by atoms with E-state index in [0.717, 1.165) is 31.5 Å². The quantitative estimate of drug-likeness (QED) is 0.877. The Kier molecular flexibility index (Phi) is 5.13. The number of piperidine rings is 1. The van der Waals surface area contributed by atoms with Crippen LogP contribution in [-0.2, 0) is 0 Å². The molecule has 110 valence electrons. The third-order valence-corrected chi connectivity index (χ3v) is 4.38. The summed E-state index contributed by atoms with van der Waals surface area (Å²) in [6.45, 7) is 3.85. The maximum absolute atomic E-state index is 11.9. The molecule has 0 atom stereocenters. The molecule has 4 nitrogen and oxygen atoms in total. The predicted octanol–water partition coefficient (Wildman–Crippen LogP) is 3.52. The van der Waals surface area contributed by atoms with Crippen molar-refractivity contribution in [3.05, 3.63) is 27.7 Å². The average Bonchev–Trinajstić information content (AvgIpc) is 2.38. The standard InChI is InChI=1S/C14H19Cl2N3O/c1-9-12(15)7-11(8-13(9)16)18-14(20)17-10-3-5-19(2)6-4-10/h7-8,10H,3-6H2,1-2H3,(H2,17,18,20). The van der Waals surface area contributed by atoms with E-state index in [1.165, 1.54) is 0 Å². The highest BCUT2D eigenvalue weighted by Gasteiger charge is 2.18. The highest BCUT2D eigenvalue weighted by molar-refractivity contribution is 6.36. The topological polar surface area (TPSA) is 44.4 Å². The molecular formula is C14H19Cl2N3O. The summed E-state index contributed by atoms with van der Waals surface area (Å²) >= 11 is 12.1. The molecule has 20 heavy (non-hydrogen) atoms. The van der Waals surface area contributed by atoms with Crippen molar-refractivity contribution in [2.24, 2.45) is 0 Å². The zero-order valence-electron chi connectivity index (χ0n) is 11.7. The second kappa shape index (κ2) is 6.66. The lowest BCUT2D eigenvalue weighted by atomic mass is 10.1. The van der Waals surface area contributed by atoms with Gasteiger partial charge in [0.15, 0.2) is 0 Å². The van der Waals surface area contributed by atoms with E-state index in [-0.39, 0.29) is 12.1 Å². The lowest BCUT2D eigenvalue weighted by molar-refractivity contribution is 0.221. The number of carbonyl (C=O) groups is 1. The van der Waals surface area contributed by atoms with Crippen molar-refractivity contribution in [3.8, 4) is 0 Å². The van der Waals surface area contributed by atoms with Crippen LogP contribution in [0.1, 0.15) is 18.4 Å². The van der Waals surface area contributed by atoms with E-state index in [1.54, 1.807) is 12.1 Å². The Labute approximate surface area is 129 Å². The van der Waals surface area contributed by atoms with Crippen molar-refractivity contribution < 1.29 is 4.79 Å². The molecule has 1 saturated heterocycles. The summed E-state index contributed by atoms with van der Waals surface area (Å²) in [5.74, 6) is 0. The number of carbonyl (C=O) groups excluding carboxylic acids is 1. The number of urea groups is 1. The lowest BCUT2D eigenvalue weighted by Gasteiger charge is -2.29. The number of nitrogens with zero attached hydrogens (tertiary/aromatic N) is 1. The normalized spacial score (nSPS) is 17.0. The second-order valence-electron chi connectivity index (χ2n) is 5.24. The first-order chi connectivity index (χ1) is 9.45. The van der Waals surface area contributed by atoms with E-state index < -0.39 is 0 Å². The Balaban J connectivity index is 1.91. The van der Waals surface area contributed by atoms with Gasteiger partial charge in [0.1, 0.15) is 0 Å². The molecule has 1 aromatic carbocycles. The number of likely N-dealkylation sites (tertiary alicyclic amines) is 1. The summed E-state index contributed by atoms with van der Waals surface area (Å²) in [6, 6.07) is 3.42. The molecule has 0 aliphatic carbocycles. The minimum absolute atomic E-state index is 0.212. The molecular weight excluding hydrogens is 297 g/mol. The Morgan fingerprint density at radius 2 is 1.80 bits per heavy atom. The second-order valence-corrected chi connectivity index (χ2v) is 6.06. The van der Waals surface area contributed by atoms with E-state index in [2.05, 4.69) is 22.6 Å². The van der Waals surface area contributed by atoms with Gasteiger partial charge >= 0.3 is 6.03 Å². The van der Waals surface area contributed by atoms with E-state index in [1.807, 2.05) is 6.92 Å². The summed E-state index contributed by atoms with van der Waals surface area (Å²) in [4.78, 5) is 14.2. The van der Waals surface area contributed by atoms with Crippen LogP contribution in [0.3, 0.4) is 0 Å². The van der Waals surface area contributed by atoms with E-state index in [9.17, 15) is 4.79 Å². The van der Waals surface area contributed by atoms with Crippen LogP contribution in [0.25, 0.3) is 0 Å². The van der Waals surface area contributed by atoms with Gasteiger partial charge in [0.05, 0.1) is 0 Å². The molecule has 2 rings (SSSR count). The number of nitrogens with one attached hydrogen (secondary N) is 2. The largest absolute Gasteiger partial charge is 0.335 e. The number of hydrogen-bond acceptors (Lipinski definition) is 2. The highest BCUT2D eigenvalue weighted by atomic mass is 35.5. The average molecular weight is 316 g/mol. The van der Waals surface area contributed by atoms with E-state index in [4.69, 9.17) is 23.2 Å². The molecule has 2 amide bonds. The van der Waals surface area contributed by atoms with Crippen molar-refractivity contribution in [1.29, 1.82) is 0 Å². The van der Waals surface area contributed by atoms with Crippen molar-refractivity contribution in [2.75, 3.05) is 25.5 Å². The predicted molar refractivity (Wildman–Crippen MR) is 83.9 cm³/mol. The minimum Gasteiger partial charge on any atom is -0.335 e.